The van der Waals surface area contributed by atoms with E-state index >= 15 is 0 Å². The molecule has 0 radical (unpaired) electrons. The Morgan fingerprint density at radius 1 is 1.37 bits per heavy atom. The minimum absolute atomic E-state index is 0.0837. The third kappa shape index (κ3) is 3.46. The summed E-state index contributed by atoms with van der Waals surface area (Å²) in [6, 6.07) is 3.26. The molecule has 4 heteroatoms. The molecule has 1 saturated carbocycles. The van der Waals surface area contributed by atoms with E-state index in [1.54, 1.807) is 12.1 Å². The summed E-state index contributed by atoms with van der Waals surface area (Å²) in [5.74, 6) is -0.726. The molecule has 1 heterocycles. The number of carboxylic acid groups (broad SMARTS) is 1. The quantitative estimate of drug-likeness (QED) is 0.907. The predicted octanol–water partition coefficient (Wildman–Crippen LogP) is 3.44. The first-order valence-electron chi connectivity index (χ1n) is 6.75. The van der Waals surface area contributed by atoms with Crippen LogP contribution >= 0.6 is 0 Å². The van der Waals surface area contributed by atoms with Crippen molar-refractivity contribution in [1.29, 1.82) is 0 Å². The monoisotopic (exact) mass is 263 g/mol. The fourth-order valence-corrected chi connectivity index (χ4v) is 2.43. The summed E-state index contributed by atoms with van der Waals surface area (Å²) in [6.07, 6.45) is 4.21. The maximum atomic E-state index is 11.2. The van der Waals surface area contributed by atoms with Crippen molar-refractivity contribution in [1.82, 2.24) is 4.98 Å². The second-order valence-electron chi connectivity index (χ2n) is 6.09. The molecular formula is C15H21NO3. The van der Waals surface area contributed by atoms with E-state index in [2.05, 4.69) is 18.8 Å². The molecule has 0 aliphatic heterocycles. The lowest BCUT2D eigenvalue weighted by atomic mass is 9.76. The second kappa shape index (κ2) is 5.19. The van der Waals surface area contributed by atoms with Crippen molar-refractivity contribution in [2.45, 2.75) is 52.6 Å². The molecule has 1 aliphatic carbocycles. The van der Waals surface area contributed by atoms with Gasteiger partial charge in [-0.05, 0) is 50.2 Å². The van der Waals surface area contributed by atoms with Crippen LogP contribution in [0.4, 0.5) is 0 Å². The van der Waals surface area contributed by atoms with Gasteiger partial charge < -0.3 is 9.84 Å². The Balaban J connectivity index is 2.11. The number of aryl methyl sites for hydroxylation is 1. The molecular weight excluding hydrogens is 242 g/mol. The molecule has 1 fully saturated rings. The number of rotatable bonds is 3. The predicted molar refractivity (Wildman–Crippen MR) is 72.6 cm³/mol. The Hall–Kier alpha value is -1.58. The number of hydrogen-bond acceptors (Lipinski definition) is 3. The van der Waals surface area contributed by atoms with Gasteiger partial charge in [0.05, 0.1) is 0 Å². The highest BCUT2D eigenvalue weighted by Gasteiger charge is 2.29. The molecule has 0 aromatic carbocycles. The first-order valence-corrected chi connectivity index (χ1v) is 6.75. The normalized spacial score (nSPS) is 19.1. The number of pyridine rings is 1. The van der Waals surface area contributed by atoms with Gasteiger partial charge in [0, 0.05) is 5.69 Å². The van der Waals surface area contributed by atoms with E-state index in [0.29, 0.717) is 5.41 Å². The summed E-state index contributed by atoms with van der Waals surface area (Å²) in [4.78, 5) is 15.4. The van der Waals surface area contributed by atoms with Gasteiger partial charge in [0.2, 0.25) is 5.88 Å². The molecule has 1 aliphatic rings. The molecule has 0 bridgehead atoms. The largest absolute Gasteiger partial charge is 0.477 e. The van der Waals surface area contributed by atoms with Crippen LogP contribution in [0.1, 0.15) is 55.6 Å². The molecule has 4 nitrogen and oxygen atoms in total. The molecule has 1 aromatic rings. The highest BCUT2D eigenvalue weighted by molar-refractivity contribution is 5.90. The average Bonchev–Trinajstić information content (AvgIpc) is 2.31. The molecule has 0 atom stereocenters. The number of aromatic nitrogens is 1. The Bertz CT molecular complexity index is 472. The smallest absolute Gasteiger partial charge is 0.341 e. The first-order chi connectivity index (χ1) is 8.87. The number of carboxylic acids is 1. The first kappa shape index (κ1) is 13.8. The second-order valence-corrected chi connectivity index (χ2v) is 6.09. The lowest BCUT2D eigenvalue weighted by Gasteiger charge is -2.34. The van der Waals surface area contributed by atoms with Crippen molar-refractivity contribution >= 4 is 5.97 Å². The van der Waals surface area contributed by atoms with Gasteiger partial charge in [-0.3, -0.25) is 0 Å². The van der Waals surface area contributed by atoms with Crippen LogP contribution in [0.3, 0.4) is 0 Å². The van der Waals surface area contributed by atoms with Crippen molar-refractivity contribution in [3.63, 3.8) is 0 Å². The summed E-state index contributed by atoms with van der Waals surface area (Å²) >= 11 is 0. The van der Waals surface area contributed by atoms with Crippen molar-refractivity contribution in [3.05, 3.63) is 23.4 Å². The topological polar surface area (TPSA) is 59.4 Å². The van der Waals surface area contributed by atoms with Crippen LogP contribution in [0, 0.1) is 12.3 Å². The van der Waals surface area contributed by atoms with Crippen molar-refractivity contribution in [2.75, 3.05) is 0 Å². The zero-order chi connectivity index (χ0) is 14.0. The van der Waals surface area contributed by atoms with Crippen molar-refractivity contribution < 1.29 is 14.6 Å². The van der Waals surface area contributed by atoms with Gasteiger partial charge in [-0.15, -0.1) is 0 Å². The minimum Gasteiger partial charge on any atom is -0.477 e. The molecule has 1 aromatic heterocycles. The van der Waals surface area contributed by atoms with E-state index in [9.17, 15) is 4.79 Å². The standard InChI is InChI=1S/C15H21NO3/c1-10-4-5-12(14(17)18)13(16-10)19-11-6-8-15(2,3)9-7-11/h4-5,11H,6-9H2,1-3H3,(H,17,18). The Morgan fingerprint density at radius 3 is 2.58 bits per heavy atom. The van der Waals surface area contributed by atoms with E-state index in [0.717, 1.165) is 31.4 Å². The van der Waals surface area contributed by atoms with Gasteiger partial charge in [0.1, 0.15) is 11.7 Å². The number of ether oxygens (including phenoxy) is 1. The molecule has 0 unspecified atom stereocenters. The number of hydrogen-bond donors (Lipinski definition) is 1. The van der Waals surface area contributed by atoms with E-state index < -0.39 is 5.97 Å². The maximum absolute atomic E-state index is 11.2. The zero-order valence-corrected chi connectivity index (χ0v) is 11.8. The van der Waals surface area contributed by atoms with Gasteiger partial charge in [0.25, 0.3) is 0 Å². The van der Waals surface area contributed by atoms with Crippen LogP contribution in [0.5, 0.6) is 5.88 Å². The van der Waals surface area contributed by atoms with Crippen molar-refractivity contribution in [3.8, 4) is 5.88 Å². The van der Waals surface area contributed by atoms with Crippen LogP contribution in [-0.4, -0.2) is 22.2 Å². The lowest BCUT2D eigenvalue weighted by Crippen LogP contribution is -2.29. The maximum Gasteiger partial charge on any atom is 0.341 e. The third-order valence-electron chi connectivity index (χ3n) is 3.79. The number of aromatic carboxylic acids is 1. The van der Waals surface area contributed by atoms with Crippen LogP contribution in [-0.2, 0) is 0 Å². The van der Waals surface area contributed by atoms with E-state index in [1.807, 2.05) is 6.92 Å². The third-order valence-corrected chi connectivity index (χ3v) is 3.79. The van der Waals surface area contributed by atoms with Crippen molar-refractivity contribution in [2.24, 2.45) is 5.41 Å². The molecule has 19 heavy (non-hydrogen) atoms. The van der Waals surface area contributed by atoms with Crippen LogP contribution in [0.15, 0.2) is 12.1 Å². The Kier molecular flexibility index (Phi) is 3.78. The minimum atomic E-state index is -0.987. The van der Waals surface area contributed by atoms with E-state index in [1.165, 1.54) is 0 Å². The molecule has 0 amide bonds. The molecule has 104 valence electrons. The molecule has 1 N–H and O–H groups in total. The Morgan fingerprint density at radius 2 is 2.00 bits per heavy atom. The summed E-state index contributed by atoms with van der Waals surface area (Å²) in [6.45, 7) is 6.36. The van der Waals surface area contributed by atoms with Gasteiger partial charge in [0.15, 0.2) is 0 Å². The summed E-state index contributed by atoms with van der Waals surface area (Å²) < 4.78 is 5.83. The molecule has 0 spiro atoms. The van der Waals surface area contributed by atoms with Crippen LogP contribution in [0.25, 0.3) is 0 Å². The van der Waals surface area contributed by atoms with E-state index in [-0.39, 0.29) is 17.5 Å². The average molecular weight is 263 g/mol. The highest BCUT2D eigenvalue weighted by atomic mass is 16.5. The SMILES string of the molecule is Cc1ccc(C(=O)O)c(OC2CCC(C)(C)CC2)n1. The van der Waals surface area contributed by atoms with Gasteiger partial charge in [-0.1, -0.05) is 13.8 Å². The summed E-state index contributed by atoms with van der Waals surface area (Å²) in [7, 11) is 0. The Labute approximate surface area is 113 Å². The molecule has 2 rings (SSSR count). The lowest BCUT2D eigenvalue weighted by molar-refractivity contribution is 0.0669. The fraction of sp³-hybridized carbons (Fsp3) is 0.600. The summed E-state index contributed by atoms with van der Waals surface area (Å²) in [5.41, 5.74) is 1.29. The van der Waals surface area contributed by atoms with Gasteiger partial charge in [-0.25, -0.2) is 9.78 Å². The number of carbonyl (C=O) groups is 1. The van der Waals surface area contributed by atoms with Crippen LogP contribution < -0.4 is 4.74 Å². The van der Waals surface area contributed by atoms with E-state index in [4.69, 9.17) is 9.84 Å². The van der Waals surface area contributed by atoms with Crippen LogP contribution in [0.2, 0.25) is 0 Å². The summed E-state index contributed by atoms with van der Waals surface area (Å²) in [5, 5.41) is 9.15. The highest BCUT2D eigenvalue weighted by Crippen LogP contribution is 2.36. The zero-order valence-electron chi connectivity index (χ0n) is 11.8. The van der Waals surface area contributed by atoms with Gasteiger partial charge >= 0.3 is 5.97 Å². The number of nitrogens with zero attached hydrogens (tertiary/aromatic N) is 1. The molecule has 0 saturated heterocycles. The van der Waals surface area contributed by atoms with Gasteiger partial charge in [-0.2, -0.15) is 0 Å². The fourth-order valence-electron chi connectivity index (χ4n) is 2.43.